The van der Waals surface area contributed by atoms with Crippen LogP contribution in [0.2, 0.25) is 0 Å². The highest BCUT2D eigenvalue weighted by Crippen LogP contribution is 2.27. The number of piperidine rings is 1. The zero-order chi connectivity index (χ0) is 20.1. The average molecular weight is 393 g/mol. The summed E-state index contributed by atoms with van der Waals surface area (Å²) in [7, 11) is 0. The van der Waals surface area contributed by atoms with Gasteiger partial charge >= 0.3 is 0 Å². The van der Waals surface area contributed by atoms with Gasteiger partial charge in [-0.3, -0.25) is 9.59 Å². The topological polar surface area (TPSA) is 75.4 Å². The summed E-state index contributed by atoms with van der Waals surface area (Å²) in [6.07, 6.45) is 6.92. The van der Waals surface area contributed by atoms with E-state index in [1.807, 2.05) is 0 Å². The number of nitrogens with two attached hydrogens (primary N) is 1. The highest BCUT2D eigenvalue weighted by molar-refractivity contribution is 5.94. The standard InChI is InChI=1S/C21H29F2N3O2/c22-16-6-7-17(18(23)12-16)21(28)26-10-8-15(9-11-26)20(27)25-19(13-24)14-4-2-1-3-5-14/h6-7,12,14-15,19H,1-5,8-11,13,24H2,(H,25,27). The molecule has 1 saturated heterocycles. The monoisotopic (exact) mass is 393 g/mol. The molecule has 1 atom stereocenters. The lowest BCUT2D eigenvalue weighted by Gasteiger charge is -2.34. The molecular weight excluding hydrogens is 364 g/mol. The van der Waals surface area contributed by atoms with Crippen LogP contribution < -0.4 is 11.1 Å². The van der Waals surface area contributed by atoms with Gasteiger partial charge in [0.1, 0.15) is 11.6 Å². The maximum absolute atomic E-state index is 13.9. The molecule has 2 fully saturated rings. The first-order valence-electron chi connectivity index (χ1n) is 10.2. The zero-order valence-corrected chi connectivity index (χ0v) is 16.1. The van der Waals surface area contributed by atoms with E-state index in [4.69, 9.17) is 5.73 Å². The predicted molar refractivity (Wildman–Crippen MR) is 103 cm³/mol. The van der Waals surface area contributed by atoms with Gasteiger partial charge in [-0.1, -0.05) is 19.3 Å². The molecule has 0 bridgehead atoms. The molecule has 7 heteroatoms. The van der Waals surface area contributed by atoms with Gasteiger partial charge in [-0.25, -0.2) is 8.78 Å². The number of nitrogens with zero attached hydrogens (tertiary/aromatic N) is 1. The molecule has 2 amide bonds. The number of nitrogens with one attached hydrogen (secondary N) is 1. The Kier molecular flexibility index (Phi) is 6.99. The Bertz CT molecular complexity index is 699. The van der Waals surface area contributed by atoms with Crippen molar-refractivity contribution in [3.63, 3.8) is 0 Å². The van der Waals surface area contributed by atoms with Crippen molar-refractivity contribution in [1.82, 2.24) is 10.2 Å². The van der Waals surface area contributed by atoms with Gasteiger partial charge in [-0.15, -0.1) is 0 Å². The van der Waals surface area contributed by atoms with Crippen LogP contribution in [-0.2, 0) is 4.79 Å². The predicted octanol–water partition coefficient (Wildman–Crippen LogP) is 2.84. The first-order valence-corrected chi connectivity index (χ1v) is 10.2. The van der Waals surface area contributed by atoms with E-state index in [0.717, 1.165) is 18.9 Å². The normalized spacial score (nSPS) is 20.0. The summed E-state index contributed by atoms with van der Waals surface area (Å²) >= 11 is 0. The molecule has 3 N–H and O–H groups in total. The fourth-order valence-corrected chi connectivity index (χ4v) is 4.38. The van der Waals surface area contributed by atoms with Crippen molar-refractivity contribution >= 4 is 11.8 Å². The third-order valence-electron chi connectivity index (χ3n) is 6.11. The van der Waals surface area contributed by atoms with Gasteiger partial charge in [-0.2, -0.15) is 0 Å². The van der Waals surface area contributed by atoms with E-state index >= 15 is 0 Å². The van der Waals surface area contributed by atoms with Crippen molar-refractivity contribution < 1.29 is 18.4 Å². The second-order valence-electron chi connectivity index (χ2n) is 7.94. The number of amides is 2. The van der Waals surface area contributed by atoms with Crippen molar-refractivity contribution in [2.45, 2.75) is 51.0 Å². The summed E-state index contributed by atoms with van der Waals surface area (Å²) in [5.41, 5.74) is 5.77. The highest BCUT2D eigenvalue weighted by atomic mass is 19.1. The minimum absolute atomic E-state index is 0.00100. The second kappa shape index (κ2) is 9.45. The molecule has 0 aromatic heterocycles. The van der Waals surface area contributed by atoms with Crippen LogP contribution in [0.3, 0.4) is 0 Å². The molecule has 28 heavy (non-hydrogen) atoms. The van der Waals surface area contributed by atoms with Crippen LogP contribution in [0.15, 0.2) is 18.2 Å². The number of likely N-dealkylation sites (tertiary alicyclic amines) is 1. The van der Waals surface area contributed by atoms with E-state index in [1.165, 1.54) is 30.2 Å². The van der Waals surface area contributed by atoms with Crippen LogP contribution >= 0.6 is 0 Å². The molecule has 1 heterocycles. The van der Waals surface area contributed by atoms with Crippen molar-refractivity contribution in [2.24, 2.45) is 17.6 Å². The van der Waals surface area contributed by atoms with E-state index in [2.05, 4.69) is 5.32 Å². The van der Waals surface area contributed by atoms with Gasteiger partial charge in [0, 0.05) is 37.7 Å². The van der Waals surface area contributed by atoms with Crippen LogP contribution in [0.25, 0.3) is 0 Å². The molecule has 0 radical (unpaired) electrons. The maximum atomic E-state index is 13.9. The van der Waals surface area contributed by atoms with Gasteiger partial charge in [0.05, 0.1) is 5.56 Å². The largest absolute Gasteiger partial charge is 0.352 e. The van der Waals surface area contributed by atoms with Gasteiger partial charge in [0.15, 0.2) is 0 Å². The third-order valence-corrected chi connectivity index (χ3v) is 6.11. The Balaban J connectivity index is 1.52. The van der Waals surface area contributed by atoms with E-state index in [9.17, 15) is 18.4 Å². The lowest BCUT2D eigenvalue weighted by molar-refractivity contribution is -0.127. The summed E-state index contributed by atoms with van der Waals surface area (Å²) in [5.74, 6) is -1.75. The van der Waals surface area contributed by atoms with Gasteiger partial charge < -0.3 is 16.0 Å². The van der Waals surface area contributed by atoms with Crippen LogP contribution in [0.4, 0.5) is 8.78 Å². The van der Waals surface area contributed by atoms with Crippen molar-refractivity contribution in [1.29, 1.82) is 0 Å². The minimum atomic E-state index is -0.858. The molecule has 1 unspecified atom stereocenters. The van der Waals surface area contributed by atoms with E-state index in [1.54, 1.807) is 0 Å². The van der Waals surface area contributed by atoms with Gasteiger partial charge in [-0.05, 0) is 43.7 Å². The molecule has 2 aliphatic rings. The summed E-state index contributed by atoms with van der Waals surface area (Å²) in [5, 5.41) is 3.13. The SMILES string of the molecule is NCC(NC(=O)C1CCN(C(=O)c2ccc(F)cc2F)CC1)C1CCCCC1. The molecule has 1 aromatic rings. The molecule has 1 aliphatic heterocycles. The van der Waals surface area contributed by atoms with E-state index < -0.39 is 17.5 Å². The maximum Gasteiger partial charge on any atom is 0.256 e. The Morgan fingerprint density at radius 1 is 1.11 bits per heavy atom. The zero-order valence-electron chi connectivity index (χ0n) is 16.1. The number of rotatable bonds is 5. The molecule has 1 aromatic carbocycles. The average Bonchev–Trinajstić information content (AvgIpc) is 2.72. The molecule has 5 nitrogen and oxygen atoms in total. The fourth-order valence-electron chi connectivity index (χ4n) is 4.38. The van der Waals surface area contributed by atoms with Crippen LogP contribution in [-0.4, -0.2) is 42.4 Å². The van der Waals surface area contributed by atoms with Crippen molar-refractivity contribution in [2.75, 3.05) is 19.6 Å². The minimum Gasteiger partial charge on any atom is -0.352 e. The number of benzene rings is 1. The van der Waals surface area contributed by atoms with Crippen molar-refractivity contribution in [3.05, 3.63) is 35.4 Å². The summed E-state index contributed by atoms with van der Waals surface area (Å²) < 4.78 is 26.9. The number of carbonyl (C=O) groups is 2. The van der Waals surface area contributed by atoms with Crippen molar-refractivity contribution in [3.8, 4) is 0 Å². The quantitative estimate of drug-likeness (QED) is 0.808. The molecule has 154 valence electrons. The second-order valence-corrected chi connectivity index (χ2v) is 7.94. The Labute approximate surface area is 164 Å². The summed E-state index contributed by atoms with van der Waals surface area (Å²) in [4.78, 5) is 26.7. The van der Waals surface area contributed by atoms with Gasteiger partial charge in [0.2, 0.25) is 5.91 Å². The Morgan fingerprint density at radius 3 is 2.39 bits per heavy atom. The number of carbonyl (C=O) groups excluding carboxylic acids is 2. The first kappa shape index (κ1) is 20.7. The Hall–Kier alpha value is -2.02. The molecule has 1 aliphatic carbocycles. The number of halogens is 2. The lowest BCUT2D eigenvalue weighted by Crippen LogP contribution is -2.50. The number of hydrogen-bond acceptors (Lipinski definition) is 3. The first-order chi connectivity index (χ1) is 13.5. The van der Waals surface area contributed by atoms with Crippen LogP contribution in [0, 0.1) is 23.5 Å². The van der Waals surface area contributed by atoms with Gasteiger partial charge in [0.25, 0.3) is 5.91 Å². The fraction of sp³-hybridized carbons (Fsp3) is 0.619. The summed E-state index contributed by atoms with van der Waals surface area (Å²) in [6, 6.07) is 2.98. The molecule has 1 saturated carbocycles. The van der Waals surface area contributed by atoms with E-state index in [-0.39, 0.29) is 23.4 Å². The lowest BCUT2D eigenvalue weighted by atomic mass is 9.83. The number of hydrogen-bond donors (Lipinski definition) is 2. The van der Waals surface area contributed by atoms with E-state index in [0.29, 0.717) is 44.5 Å². The summed E-state index contributed by atoms with van der Waals surface area (Å²) in [6.45, 7) is 1.20. The van der Waals surface area contributed by atoms with Crippen LogP contribution in [0.5, 0.6) is 0 Å². The molecular formula is C21H29F2N3O2. The Morgan fingerprint density at radius 2 is 1.79 bits per heavy atom. The molecule has 3 rings (SSSR count). The van der Waals surface area contributed by atoms with Crippen LogP contribution in [0.1, 0.15) is 55.3 Å². The molecule has 0 spiro atoms. The third kappa shape index (κ3) is 4.87. The smallest absolute Gasteiger partial charge is 0.256 e. The highest BCUT2D eigenvalue weighted by Gasteiger charge is 2.31.